The fourth-order valence-electron chi connectivity index (χ4n) is 7.86. The van der Waals surface area contributed by atoms with Gasteiger partial charge in [0.1, 0.15) is 0 Å². The summed E-state index contributed by atoms with van der Waals surface area (Å²) in [5.41, 5.74) is 8.49. The van der Waals surface area contributed by atoms with Gasteiger partial charge in [-0.05, 0) is 76.5 Å². The van der Waals surface area contributed by atoms with Crippen molar-refractivity contribution < 1.29 is 0 Å². The average molecular weight is 707 g/mol. The Morgan fingerprint density at radius 1 is 0.352 bits per heavy atom. The second-order valence-electron chi connectivity index (χ2n) is 13.6. The van der Waals surface area contributed by atoms with Crippen molar-refractivity contribution in [1.29, 1.82) is 0 Å². The number of hydrogen-bond acceptors (Lipinski definition) is 4. The van der Waals surface area contributed by atoms with E-state index in [2.05, 4.69) is 180 Å². The first-order valence-corrected chi connectivity index (χ1v) is 18.9. The summed E-state index contributed by atoms with van der Waals surface area (Å²) in [5.74, 6) is 1.92. The highest BCUT2D eigenvalue weighted by atomic mass is 32.1. The van der Waals surface area contributed by atoms with Crippen LogP contribution in [0.3, 0.4) is 0 Å². The lowest BCUT2D eigenvalue weighted by Crippen LogP contribution is -2.01. The molecule has 8 aromatic carbocycles. The molecule has 3 aromatic heterocycles. The third kappa shape index (κ3) is 5.01. The maximum atomic E-state index is 5.18. The van der Waals surface area contributed by atoms with Gasteiger partial charge in [0.2, 0.25) is 0 Å². The first-order valence-electron chi connectivity index (χ1n) is 18.1. The molecule has 0 N–H and O–H groups in total. The third-order valence-corrected chi connectivity index (χ3v) is 11.6. The van der Waals surface area contributed by atoms with Crippen molar-refractivity contribution >= 4 is 64.1 Å². The van der Waals surface area contributed by atoms with Gasteiger partial charge in [-0.15, -0.1) is 11.3 Å². The minimum Gasteiger partial charge on any atom is -0.309 e. The highest BCUT2D eigenvalue weighted by molar-refractivity contribution is 7.25. The van der Waals surface area contributed by atoms with Crippen molar-refractivity contribution in [3.05, 3.63) is 182 Å². The molecule has 11 aromatic rings. The Bertz CT molecular complexity index is 3210. The van der Waals surface area contributed by atoms with E-state index in [1.165, 1.54) is 52.8 Å². The summed E-state index contributed by atoms with van der Waals surface area (Å²) in [7, 11) is 0. The number of rotatable bonds is 5. The van der Waals surface area contributed by atoms with Gasteiger partial charge in [0.25, 0.3) is 0 Å². The molecule has 0 saturated carbocycles. The SMILES string of the molecule is c1ccc(-c2ccccc2-c2nc(-c3ccc(-n4c5ccccc5c5cc6ccccc6cc54)cc3)nc(-c3ccc4c(c3)sc3ccccc34)n2)cc1. The molecule has 0 saturated heterocycles. The van der Waals surface area contributed by atoms with Crippen molar-refractivity contribution in [3.63, 3.8) is 0 Å². The van der Waals surface area contributed by atoms with E-state index in [1.54, 1.807) is 11.3 Å². The summed E-state index contributed by atoms with van der Waals surface area (Å²) in [6.07, 6.45) is 0. The van der Waals surface area contributed by atoms with Gasteiger partial charge in [0, 0.05) is 53.3 Å². The van der Waals surface area contributed by atoms with E-state index in [9.17, 15) is 0 Å². The lowest BCUT2D eigenvalue weighted by molar-refractivity contribution is 1.07. The number of hydrogen-bond donors (Lipinski definition) is 0. The molecule has 54 heavy (non-hydrogen) atoms. The van der Waals surface area contributed by atoms with Crippen LogP contribution in [-0.4, -0.2) is 19.5 Å². The smallest absolute Gasteiger partial charge is 0.164 e. The molecule has 0 unspecified atom stereocenters. The Labute approximate surface area is 315 Å². The predicted molar refractivity (Wildman–Crippen MR) is 226 cm³/mol. The van der Waals surface area contributed by atoms with Crippen LogP contribution < -0.4 is 0 Å². The first kappa shape index (κ1) is 30.7. The zero-order valence-corrected chi connectivity index (χ0v) is 29.8. The van der Waals surface area contributed by atoms with Gasteiger partial charge in [0.05, 0.1) is 11.0 Å². The van der Waals surface area contributed by atoms with Gasteiger partial charge in [0.15, 0.2) is 17.5 Å². The average Bonchev–Trinajstić information content (AvgIpc) is 3.78. The number of para-hydroxylation sites is 1. The second kappa shape index (κ2) is 12.3. The molecule has 252 valence electrons. The van der Waals surface area contributed by atoms with Gasteiger partial charge < -0.3 is 4.57 Å². The minimum atomic E-state index is 0.633. The zero-order valence-electron chi connectivity index (χ0n) is 29.0. The molecule has 0 amide bonds. The van der Waals surface area contributed by atoms with Crippen LogP contribution in [0.15, 0.2) is 182 Å². The number of benzene rings is 8. The summed E-state index contributed by atoms with van der Waals surface area (Å²) in [4.78, 5) is 15.5. The lowest BCUT2D eigenvalue weighted by atomic mass is 9.99. The highest BCUT2D eigenvalue weighted by Gasteiger charge is 2.18. The van der Waals surface area contributed by atoms with Crippen LogP contribution in [0.2, 0.25) is 0 Å². The van der Waals surface area contributed by atoms with Crippen molar-refractivity contribution in [2.75, 3.05) is 0 Å². The molecule has 4 nitrogen and oxygen atoms in total. The van der Waals surface area contributed by atoms with Crippen LogP contribution in [0, 0.1) is 0 Å². The fraction of sp³-hybridized carbons (Fsp3) is 0. The Balaban J connectivity index is 1.08. The second-order valence-corrected chi connectivity index (χ2v) is 14.7. The van der Waals surface area contributed by atoms with E-state index in [0.717, 1.165) is 33.5 Å². The van der Waals surface area contributed by atoms with Gasteiger partial charge in [-0.1, -0.05) is 127 Å². The quantitative estimate of drug-likeness (QED) is 0.179. The molecule has 0 fully saturated rings. The molecule has 0 atom stereocenters. The van der Waals surface area contributed by atoms with Crippen LogP contribution in [0.4, 0.5) is 0 Å². The summed E-state index contributed by atoms with van der Waals surface area (Å²) in [6.45, 7) is 0. The normalized spacial score (nSPS) is 11.7. The van der Waals surface area contributed by atoms with Gasteiger partial charge in [-0.2, -0.15) is 0 Å². The predicted octanol–water partition coefficient (Wildman–Crippen LogP) is 13.2. The molecule has 0 aliphatic carbocycles. The van der Waals surface area contributed by atoms with E-state index in [1.807, 2.05) is 6.07 Å². The van der Waals surface area contributed by atoms with E-state index in [4.69, 9.17) is 15.0 Å². The molecular weight excluding hydrogens is 677 g/mol. The Hall–Kier alpha value is -6.95. The Morgan fingerprint density at radius 3 is 1.80 bits per heavy atom. The summed E-state index contributed by atoms with van der Waals surface area (Å²) in [6, 6.07) is 64.4. The maximum Gasteiger partial charge on any atom is 0.164 e. The first-order chi connectivity index (χ1) is 26.7. The van der Waals surface area contributed by atoms with Crippen molar-refractivity contribution in [1.82, 2.24) is 19.5 Å². The molecule has 0 bridgehead atoms. The van der Waals surface area contributed by atoms with Crippen LogP contribution >= 0.6 is 11.3 Å². The summed E-state index contributed by atoms with van der Waals surface area (Å²) < 4.78 is 4.85. The number of fused-ring (bicyclic) bond motifs is 7. The standard InChI is InChI=1S/C49H30N4S/c1-2-12-31(13-3-1)37-16-6-7-19-41(37)49-51-47(50-48(52-49)35-24-27-40-39-18-9-11-21-45(39)54-46(40)30-35)32-22-25-36(26-23-32)53-43-20-10-8-17-38(43)42-28-33-14-4-5-15-34(33)29-44(42)53/h1-30H. The van der Waals surface area contributed by atoms with E-state index in [-0.39, 0.29) is 0 Å². The molecule has 5 heteroatoms. The third-order valence-electron chi connectivity index (χ3n) is 10.4. The van der Waals surface area contributed by atoms with Crippen molar-refractivity contribution in [2.24, 2.45) is 0 Å². The topological polar surface area (TPSA) is 43.6 Å². The number of aromatic nitrogens is 4. The minimum absolute atomic E-state index is 0.633. The summed E-state index contributed by atoms with van der Waals surface area (Å²) >= 11 is 1.80. The molecule has 0 aliphatic heterocycles. The Morgan fingerprint density at radius 2 is 0.963 bits per heavy atom. The maximum absolute atomic E-state index is 5.18. The van der Waals surface area contributed by atoms with Crippen LogP contribution in [0.1, 0.15) is 0 Å². The van der Waals surface area contributed by atoms with Crippen LogP contribution in [0.5, 0.6) is 0 Å². The Kier molecular flexibility index (Phi) is 7.00. The summed E-state index contributed by atoms with van der Waals surface area (Å²) in [5, 5.41) is 7.46. The monoisotopic (exact) mass is 706 g/mol. The fourth-order valence-corrected chi connectivity index (χ4v) is 9.01. The highest BCUT2D eigenvalue weighted by Crippen LogP contribution is 2.38. The molecule has 0 radical (unpaired) electrons. The van der Waals surface area contributed by atoms with Gasteiger partial charge in [-0.3, -0.25) is 0 Å². The molecule has 11 rings (SSSR count). The van der Waals surface area contributed by atoms with Crippen molar-refractivity contribution in [2.45, 2.75) is 0 Å². The number of nitrogens with zero attached hydrogens (tertiary/aromatic N) is 4. The largest absolute Gasteiger partial charge is 0.309 e. The molecule has 3 heterocycles. The zero-order chi connectivity index (χ0) is 35.6. The van der Waals surface area contributed by atoms with E-state index < -0.39 is 0 Å². The van der Waals surface area contributed by atoms with E-state index in [0.29, 0.717) is 17.5 Å². The molecule has 0 aliphatic rings. The lowest BCUT2D eigenvalue weighted by Gasteiger charge is -2.13. The van der Waals surface area contributed by atoms with Gasteiger partial charge in [-0.25, -0.2) is 15.0 Å². The van der Waals surface area contributed by atoms with E-state index >= 15 is 0 Å². The molecular formula is C49H30N4S. The molecule has 0 spiro atoms. The van der Waals surface area contributed by atoms with Gasteiger partial charge >= 0.3 is 0 Å². The van der Waals surface area contributed by atoms with Crippen molar-refractivity contribution in [3.8, 4) is 51.0 Å². The van der Waals surface area contributed by atoms with Crippen LogP contribution in [0.25, 0.3) is 104 Å². The van der Waals surface area contributed by atoms with Crippen LogP contribution in [-0.2, 0) is 0 Å². The number of thiophene rings is 1.